The number of hydrogen-bond acceptors (Lipinski definition) is 4. The van der Waals surface area contributed by atoms with Crippen molar-refractivity contribution in [2.45, 2.75) is 36.4 Å². The third-order valence-electron chi connectivity index (χ3n) is 3.52. The van der Waals surface area contributed by atoms with E-state index in [2.05, 4.69) is 10.6 Å². The highest BCUT2D eigenvalue weighted by Gasteiger charge is 2.30. The molecule has 2 rings (SSSR count). The van der Waals surface area contributed by atoms with Crippen molar-refractivity contribution in [2.75, 3.05) is 18.4 Å². The molecular formula is C14H19ClF3N3O3S. The zero-order valence-corrected chi connectivity index (χ0v) is 14.7. The van der Waals surface area contributed by atoms with Crippen LogP contribution in [0.15, 0.2) is 29.2 Å². The van der Waals surface area contributed by atoms with Crippen molar-refractivity contribution in [3.8, 4) is 0 Å². The van der Waals surface area contributed by atoms with Gasteiger partial charge in [-0.25, -0.2) is 13.1 Å². The fourth-order valence-electron chi connectivity index (χ4n) is 2.28. The normalized spacial score (nSPS) is 18.3. The van der Waals surface area contributed by atoms with Gasteiger partial charge in [-0.1, -0.05) is 6.42 Å². The van der Waals surface area contributed by atoms with E-state index >= 15 is 0 Å². The van der Waals surface area contributed by atoms with Crippen LogP contribution in [0, 0.1) is 0 Å². The van der Waals surface area contributed by atoms with Crippen LogP contribution < -0.4 is 15.4 Å². The van der Waals surface area contributed by atoms with Crippen LogP contribution in [0.1, 0.15) is 19.3 Å². The fourth-order valence-corrected chi connectivity index (χ4v) is 3.30. The summed E-state index contributed by atoms with van der Waals surface area (Å²) < 4.78 is 61.3. The molecule has 0 aromatic heterocycles. The lowest BCUT2D eigenvalue weighted by atomic mass is 10.0. The second kappa shape index (κ2) is 8.84. The molecule has 1 atom stereocenters. The van der Waals surface area contributed by atoms with Crippen LogP contribution >= 0.6 is 12.4 Å². The molecule has 0 radical (unpaired) electrons. The predicted molar refractivity (Wildman–Crippen MR) is 89.2 cm³/mol. The zero-order chi connectivity index (χ0) is 17.8. The Morgan fingerprint density at radius 2 is 1.84 bits per heavy atom. The number of halogens is 4. The van der Waals surface area contributed by atoms with Crippen molar-refractivity contribution >= 4 is 34.0 Å². The minimum atomic E-state index is -4.63. The highest BCUT2D eigenvalue weighted by molar-refractivity contribution is 7.89. The summed E-state index contributed by atoms with van der Waals surface area (Å²) in [6.45, 7) is -0.874. The van der Waals surface area contributed by atoms with Gasteiger partial charge in [0.2, 0.25) is 15.9 Å². The van der Waals surface area contributed by atoms with Gasteiger partial charge in [-0.2, -0.15) is 13.2 Å². The molecule has 3 N–H and O–H groups in total. The molecule has 25 heavy (non-hydrogen) atoms. The summed E-state index contributed by atoms with van der Waals surface area (Å²) >= 11 is 0. The van der Waals surface area contributed by atoms with E-state index in [0.717, 1.165) is 37.9 Å². The van der Waals surface area contributed by atoms with Gasteiger partial charge < -0.3 is 10.6 Å². The van der Waals surface area contributed by atoms with Crippen LogP contribution in [-0.4, -0.2) is 39.6 Å². The molecule has 1 aromatic rings. The molecule has 11 heteroatoms. The van der Waals surface area contributed by atoms with E-state index in [-0.39, 0.29) is 29.3 Å². The molecule has 1 aliphatic heterocycles. The quantitative estimate of drug-likeness (QED) is 0.704. The summed E-state index contributed by atoms with van der Waals surface area (Å²) in [7, 11) is -4.25. The maximum Gasteiger partial charge on any atom is 0.402 e. The van der Waals surface area contributed by atoms with Crippen molar-refractivity contribution < 1.29 is 26.4 Å². The molecule has 0 aliphatic carbocycles. The van der Waals surface area contributed by atoms with Crippen molar-refractivity contribution in [1.82, 2.24) is 10.0 Å². The standard InChI is InChI=1S/C14H18F3N3O3S.ClH/c15-14(16,17)9-19-24(22,23)11-6-4-10(5-7-11)20-13(21)12-3-1-2-8-18-12;/h4-7,12,18-19H,1-3,8-9H2,(H,20,21);1H. The second-order valence-electron chi connectivity index (χ2n) is 5.46. The number of alkyl halides is 3. The molecule has 6 nitrogen and oxygen atoms in total. The molecule has 142 valence electrons. The highest BCUT2D eigenvalue weighted by Crippen LogP contribution is 2.18. The molecule has 0 bridgehead atoms. The van der Waals surface area contributed by atoms with E-state index in [1.54, 1.807) is 0 Å². The van der Waals surface area contributed by atoms with Crippen molar-refractivity contribution in [3.05, 3.63) is 24.3 Å². The van der Waals surface area contributed by atoms with Crippen LogP contribution in [0.25, 0.3) is 0 Å². The Bertz CT molecular complexity index is 675. The van der Waals surface area contributed by atoms with Gasteiger partial charge in [0.15, 0.2) is 0 Å². The minimum absolute atomic E-state index is 0. The molecular weight excluding hydrogens is 383 g/mol. The maximum absolute atomic E-state index is 12.1. The summed E-state index contributed by atoms with van der Waals surface area (Å²) in [5, 5.41) is 5.73. The summed E-state index contributed by atoms with van der Waals surface area (Å²) in [5.74, 6) is -0.222. The molecule has 1 saturated heterocycles. The lowest BCUT2D eigenvalue weighted by Crippen LogP contribution is -2.43. The topological polar surface area (TPSA) is 87.3 Å². The van der Waals surface area contributed by atoms with E-state index < -0.39 is 22.7 Å². The first-order valence-corrected chi connectivity index (χ1v) is 8.86. The van der Waals surface area contributed by atoms with Crippen LogP contribution in [0.3, 0.4) is 0 Å². The Labute approximate surface area is 150 Å². The number of anilines is 1. The van der Waals surface area contributed by atoms with E-state index in [9.17, 15) is 26.4 Å². The third kappa shape index (κ3) is 6.81. The van der Waals surface area contributed by atoms with Crippen LogP contribution in [0.4, 0.5) is 18.9 Å². The molecule has 1 aliphatic rings. The van der Waals surface area contributed by atoms with Gasteiger partial charge in [0.1, 0.15) is 6.54 Å². The van der Waals surface area contributed by atoms with Gasteiger partial charge in [0, 0.05) is 5.69 Å². The number of piperidine rings is 1. The summed E-state index contributed by atoms with van der Waals surface area (Å²) in [6, 6.07) is 4.66. The van der Waals surface area contributed by atoms with Gasteiger partial charge >= 0.3 is 6.18 Å². The Kier molecular flexibility index (Phi) is 7.66. The van der Waals surface area contributed by atoms with Gasteiger partial charge in [0.05, 0.1) is 10.9 Å². The fraction of sp³-hybridized carbons (Fsp3) is 0.500. The summed E-state index contributed by atoms with van der Waals surface area (Å²) in [6.07, 6.45) is -1.94. The number of nitrogens with one attached hydrogen (secondary N) is 3. The van der Waals surface area contributed by atoms with Gasteiger partial charge in [-0.05, 0) is 43.7 Å². The first kappa shape index (κ1) is 21.7. The molecule has 1 aromatic carbocycles. The molecule has 1 amide bonds. The molecule has 1 fully saturated rings. The second-order valence-corrected chi connectivity index (χ2v) is 7.22. The number of amides is 1. The predicted octanol–water partition coefficient (Wildman–Crippen LogP) is 2.03. The van der Waals surface area contributed by atoms with E-state index in [1.165, 1.54) is 16.9 Å². The van der Waals surface area contributed by atoms with Crippen molar-refractivity contribution in [1.29, 1.82) is 0 Å². The van der Waals surface area contributed by atoms with E-state index in [1.807, 2.05) is 0 Å². The average molecular weight is 402 g/mol. The van der Waals surface area contributed by atoms with Gasteiger partial charge in [0.25, 0.3) is 0 Å². The summed E-state index contributed by atoms with van der Waals surface area (Å²) in [5.41, 5.74) is 0.377. The van der Waals surface area contributed by atoms with Crippen molar-refractivity contribution in [2.24, 2.45) is 0 Å². The van der Waals surface area contributed by atoms with Gasteiger partial charge in [-0.3, -0.25) is 4.79 Å². The Balaban J connectivity index is 0.00000312. The number of hydrogen-bond donors (Lipinski definition) is 3. The molecule has 0 spiro atoms. The van der Waals surface area contributed by atoms with E-state index in [0.29, 0.717) is 5.69 Å². The third-order valence-corrected chi connectivity index (χ3v) is 4.94. The maximum atomic E-state index is 12.1. The molecule has 1 heterocycles. The highest BCUT2D eigenvalue weighted by atomic mass is 35.5. The number of sulfonamides is 1. The first-order valence-electron chi connectivity index (χ1n) is 7.38. The SMILES string of the molecule is Cl.O=C(Nc1ccc(S(=O)(=O)NCC(F)(F)F)cc1)C1CCCCN1. The largest absolute Gasteiger partial charge is 0.402 e. The lowest BCUT2D eigenvalue weighted by Gasteiger charge is -2.22. The van der Waals surface area contributed by atoms with Crippen LogP contribution in [-0.2, 0) is 14.8 Å². The number of rotatable bonds is 5. The number of carbonyl (C=O) groups is 1. The smallest absolute Gasteiger partial charge is 0.325 e. The monoisotopic (exact) mass is 401 g/mol. The summed E-state index contributed by atoms with van der Waals surface area (Å²) in [4.78, 5) is 11.7. The molecule has 1 unspecified atom stereocenters. The minimum Gasteiger partial charge on any atom is -0.325 e. The van der Waals surface area contributed by atoms with Gasteiger partial charge in [-0.15, -0.1) is 12.4 Å². The zero-order valence-electron chi connectivity index (χ0n) is 13.1. The van der Waals surface area contributed by atoms with Crippen LogP contribution in [0.2, 0.25) is 0 Å². The first-order chi connectivity index (χ1) is 11.2. The Hall–Kier alpha value is -1.36. The Morgan fingerprint density at radius 3 is 2.36 bits per heavy atom. The molecule has 0 saturated carbocycles. The lowest BCUT2D eigenvalue weighted by molar-refractivity contribution is -0.121. The van der Waals surface area contributed by atoms with E-state index in [4.69, 9.17) is 0 Å². The van der Waals surface area contributed by atoms with Crippen LogP contribution in [0.5, 0.6) is 0 Å². The number of carbonyl (C=O) groups excluding carboxylic acids is 1. The Morgan fingerprint density at radius 1 is 1.20 bits per heavy atom. The number of benzene rings is 1. The average Bonchev–Trinajstić information content (AvgIpc) is 2.54. The van der Waals surface area contributed by atoms with Crippen molar-refractivity contribution in [3.63, 3.8) is 0 Å².